The van der Waals surface area contributed by atoms with E-state index in [1.807, 2.05) is 6.92 Å². The third-order valence-corrected chi connectivity index (χ3v) is 6.39. The zero-order valence-corrected chi connectivity index (χ0v) is 14.9. The number of rotatable bonds is 1. The second-order valence-corrected chi connectivity index (χ2v) is 8.36. The molecule has 0 aliphatic carbocycles. The van der Waals surface area contributed by atoms with Crippen LogP contribution in [0.5, 0.6) is 0 Å². The molecule has 25 heavy (non-hydrogen) atoms. The van der Waals surface area contributed by atoms with Crippen molar-refractivity contribution >= 4 is 33.1 Å². The summed E-state index contributed by atoms with van der Waals surface area (Å²) in [6, 6.07) is 12.8. The largest absolute Gasteiger partial charge is 0.325 e. The molecule has 4 nitrogen and oxygen atoms in total. The number of hydrogen-bond donors (Lipinski definition) is 2. The maximum atomic E-state index is 12.6. The van der Waals surface area contributed by atoms with Gasteiger partial charge in [0.1, 0.15) is 0 Å². The summed E-state index contributed by atoms with van der Waals surface area (Å²) in [7, 11) is 0. The van der Waals surface area contributed by atoms with Gasteiger partial charge in [-0.25, -0.2) is 4.98 Å². The lowest BCUT2D eigenvalue weighted by molar-refractivity contribution is -0.125. The molecule has 0 saturated carbocycles. The highest BCUT2D eigenvalue weighted by Gasteiger charge is 2.44. The van der Waals surface area contributed by atoms with Crippen LogP contribution >= 0.6 is 11.3 Å². The molecule has 1 unspecified atom stereocenters. The summed E-state index contributed by atoms with van der Waals surface area (Å²) < 4.78 is 1.21. The highest BCUT2D eigenvalue weighted by Crippen LogP contribution is 2.40. The summed E-state index contributed by atoms with van der Waals surface area (Å²) in [5.41, 5.74) is 5.22. The fourth-order valence-electron chi connectivity index (χ4n) is 4.04. The molecule has 1 fully saturated rings. The monoisotopic (exact) mass is 349 g/mol. The lowest BCUT2D eigenvalue weighted by atomic mass is 9.76. The number of carbonyl (C=O) groups excluding carboxylic acids is 1. The van der Waals surface area contributed by atoms with Gasteiger partial charge >= 0.3 is 0 Å². The van der Waals surface area contributed by atoms with E-state index in [2.05, 4.69) is 52.0 Å². The Morgan fingerprint density at radius 1 is 1.16 bits per heavy atom. The Hall–Kier alpha value is -2.24. The minimum Gasteiger partial charge on any atom is -0.325 e. The van der Waals surface area contributed by atoms with Crippen LogP contribution in [0.1, 0.15) is 17.0 Å². The normalized spacial score (nSPS) is 22.4. The first kappa shape index (κ1) is 15.0. The number of anilines is 1. The van der Waals surface area contributed by atoms with Gasteiger partial charge in [-0.05, 0) is 61.2 Å². The average Bonchev–Trinajstić information content (AvgIpc) is 3.21. The lowest BCUT2D eigenvalue weighted by Gasteiger charge is -2.33. The first-order valence-corrected chi connectivity index (χ1v) is 9.47. The molecule has 126 valence electrons. The summed E-state index contributed by atoms with van der Waals surface area (Å²) in [5, 5.41) is 7.57. The van der Waals surface area contributed by atoms with Crippen LogP contribution in [0.4, 0.5) is 5.69 Å². The van der Waals surface area contributed by atoms with Crippen molar-refractivity contribution in [1.82, 2.24) is 10.3 Å². The number of nitrogens with zero attached hydrogens (tertiary/aromatic N) is 1. The molecule has 1 aromatic heterocycles. The van der Waals surface area contributed by atoms with Crippen molar-refractivity contribution < 1.29 is 4.79 Å². The topological polar surface area (TPSA) is 54.0 Å². The first-order chi connectivity index (χ1) is 12.1. The Morgan fingerprint density at radius 2 is 2.00 bits per heavy atom. The van der Waals surface area contributed by atoms with E-state index in [-0.39, 0.29) is 11.3 Å². The van der Waals surface area contributed by atoms with Gasteiger partial charge in [0.25, 0.3) is 0 Å². The van der Waals surface area contributed by atoms with Gasteiger partial charge in [-0.1, -0.05) is 18.2 Å². The van der Waals surface area contributed by atoms with E-state index < -0.39 is 0 Å². The molecule has 2 aliphatic rings. The average molecular weight is 349 g/mol. The Morgan fingerprint density at radius 3 is 2.84 bits per heavy atom. The van der Waals surface area contributed by atoms with E-state index in [0.717, 1.165) is 53.3 Å². The summed E-state index contributed by atoms with van der Waals surface area (Å²) in [6.45, 7) is 3.74. The molecule has 5 heteroatoms. The predicted molar refractivity (Wildman–Crippen MR) is 102 cm³/mol. The number of thiazole rings is 1. The van der Waals surface area contributed by atoms with E-state index in [0.29, 0.717) is 0 Å². The van der Waals surface area contributed by atoms with E-state index in [1.54, 1.807) is 11.3 Å². The third-order valence-electron chi connectivity index (χ3n) is 5.44. The maximum Gasteiger partial charge on any atom is 0.232 e. The summed E-state index contributed by atoms with van der Waals surface area (Å²) in [4.78, 5) is 17.2. The molecule has 2 aromatic carbocycles. The molecule has 2 N–H and O–H groups in total. The number of carbonyl (C=O) groups is 1. The van der Waals surface area contributed by atoms with Crippen LogP contribution in [0.15, 0.2) is 36.4 Å². The van der Waals surface area contributed by atoms with Crippen LogP contribution < -0.4 is 10.6 Å². The van der Waals surface area contributed by atoms with Gasteiger partial charge in [-0.3, -0.25) is 4.79 Å². The highest BCUT2D eigenvalue weighted by molar-refractivity contribution is 7.18. The Kier molecular flexibility index (Phi) is 3.24. The zero-order valence-electron chi connectivity index (χ0n) is 14.1. The standard InChI is InChI=1S/C20H19N3OS/c1-12-22-17-9-14(4-5-18(17)25-12)13-2-3-15-10-20(6-7-21-11-20)19(24)23-16(15)8-13/h2-5,8-9,21H,6-7,10-11H2,1H3,(H,23,24). The number of hydrogen-bond acceptors (Lipinski definition) is 4. The summed E-state index contributed by atoms with van der Waals surface area (Å²) in [5.74, 6) is 0.160. The van der Waals surface area contributed by atoms with Crippen LogP contribution in [-0.4, -0.2) is 24.0 Å². The molecule has 0 bridgehead atoms. The predicted octanol–water partition coefficient (Wildman–Crippen LogP) is 3.75. The van der Waals surface area contributed by atoms with Crippen molar-refractivity contribution in [1.29, 1.82) is 0 Å². The molecule has 3 aromatic rings. The molecule has 3 heterocycles. The lowest BCUT2D eigenvalue weighted by Crippen LogP contribution is -2.43. The van der Waals surface area contributed by atoms with Crippen molar-refractivity contribution in [2.75, 3.05) is 18.4 Å². The molecule has 5 rings (SSSR count). The molecular formula is C20H19N3OS. The maximum absolute atomic E-state index is 12.6. The van der Waals surface area contributed by atoms with Gasteiger partial charge in [0.15, 0.2) is 0 Å². The van der Waals surface area contributed by atoms with Crippen LogP contribution in [0.3, 0.4) is 0 Å². The summed E-state index contributed by atoms with van der Waals surface area (Å²) >= 11 is 1.72. The van der Waals surface area contributed by atoms with E-state index >= 15 is 0 Å². The minimum absolute atomic E-state index is 0.160. The van der Waals surface area contributed by atoms with Crippen LogP contribution in [0, 0.1) is 12.3 Å². The Bertz CT molecular complexity index is 1000. The number of amides is 1. The van der Waals surface area contributed by atoms with Crippen LogP contribution in [0.2, 0.25) is 0 Å². The van der Waals surface area contributed by atoms with Gasteiger partial charge in [0.2, 0.25) is 5.91 Å². The van der Waals surface area contributed by atoms with Gasteiger partial charge in [0.05, 0.1) is 20.6 Å². The van der Waals surface area contributed by atoms with Crippen molar-refractivity contribution in [3.8, 4) is 11.1 Å². The molecule has 1 spiro atoms. The zero-order chi connectivity index (χ0) is 17.0. The van der Waals surface area contributed by atoms with Crippen molar-refractivity contribution in [2.45, 2.75) is 19.8 Å². The van der Waals surface area contributed by atoms with Crippen molar-refractivity contribution in [2.24, 2.45) is 5.41 Å². The smallest absolute Gasteiger partial charge is 0.232 e. The molecule has 1 atom stereocenters. The third kappa shape index (κ3) is 2.38. The first-order valence-electron chi connectivity index (χ1n) is 8.66. The van der Waals surface area contributed by atoms with E-state index in [1.165, 1.54) is 10.3 Å². The molecule has 1 amide bonds. The minimum atomic E-state index is -0.258. The van der Waals surface area contributed by atoms with Gasteiger partial charge in [-0.2, -0.15) is 0 Å². The highest BCUT2D eigenvalue weighted by atomic mass is 32.1. The molecule has 2 aliphatic heterocycles. The van der Waals surface area contributed by atoms with E-state index in [9.17, 15) is 4.79 Å². The second kappa shape index (κ2) is 5.38. The number of nitrogens with one attached hydrogen (secondary N) is 2. The Balaban J connectivity index is 1.54. The Labute approximate surface area is 150 Å². The fraction of sp³-hybridized carbons (Fsp3) is 0.300. The number of fused-ring (bicyclic) bond motifs is 2. The van der Waals surface area contributed by atoms with E-state index in [4.69, 9.17) is 0 Å². The fourth-order valence-corrected chi connectivity index (χ4v) is 4.84. The van der Waals surface area contributed by atoms with Gasteiger partial charge in [0, 0.05) is 12.2 Å². The van der Waals surface area contributed by atoms with Crippen LogP contribution in [0.25, 0.3) is 21.3 Å². The molecular weight excluding hydrogens is 330 g/mol. The van der Waals surface area contributed by atoms with Crippen LogP contribution in [-0.2, 0) is 11.2 Å². The van der Waals surface area contributed by atoms with Crippen molar-refractivity contribution in [3.05, 3.63) is 47.0 Å². The number of benzene rings is 2. The second-order valence-electron chi connectivity index (χ2n) is 7.13. The van der Waals surface area contributed by atoms with Gasteiger partial charge < -0.3 is 10.6 Å². The SMILES string of the molecule is Cc1nc2cc(-c3ccc4c(c3)NC(=O)C3(CCNC3)C4)ccc2s1. The van der Waals surface area contributed by atoms with Gasteiger partial charge in [-0.15, -0.1) is 11.3 Å². The number of aryl methyl sites for hydroxylation is 1. The quantitative estimate of drug-likeness (QED) is 0.703. The summed E-state index contributed by atoms with van der Waals surface area (Å²) in [6.07, 6.45) is 1.74. The van der Waals surface area contributed by atoms with Crippen molar-refractivity contribution in [3.63, 3.8) is 0 Å². The molecule has 0 radical (unpaired) electrons. The molecule has 1 saturated heterocycles. The number of aromatic nitrogens is 1.